The van der Waals surface area contributed by atoms with Crippen molar-refractivity contribution in [1.82, 2.24) is 0 Å². The zero-order valence-electron chi connectivity index (χ0n) is 12.9. The van der Waals surface area contributed by atoms with Gasteiger partial charge < -0.3 is 15.0 Å². The number of nitrogens with one attached hydrogen (secondary N) is 1. The Morgan fingerprint density at radius 2 is 2.00 bits per heavy atom. The van der Waals surface area contributed by atoms with Gasteiger partial charge >= 0.3 is 0 Å². The summed E-state index contributed by atoms with van der Waals surface area (Å²) < 4.78 is 5.43. The first-order valence-electron chi connectivity index (χ1n) is 7.52. The molecule has 23 heavy (non-hydrogen) atoms. The van der Waals surface area contributed by atoms with Gasteiger partial charge in [-0.3, -0.25) is 9.59 Å². The molecule has 3 rings (SSSR count). The second-order valence-electron chi connectivity index (χ2n) is 5.47. The lowest BCUT2D eigenvalue weighted by Gasteiger charge is -2.29. The van der Waals surface area contributed by atoms with Crippen LogP contribution in [0.15, 0.2) is 48.5 Å². The Morgan fingerprint density at radius 3 is 2.78 bits per heavy atom. The van der Waals surface area contributed by atoms with Crippen LogP contribution in [0, 0.1) is 6.92 Å². The Kier molecular flexibility index (Phi) is 4.28. The van der Waals surface area contributed by atoms with Gasteiger partial charge in [-0.25, -0.2) is 0 Å². The zero-order chi connectivity index (χ0) is 16.2. The number of nitrogens with zero attached hydrogens (tertiary/aromatic N) is 1. The third kappa shape index (κ3) is 3.51. The summed E-state index contributed by atoms with van der Waals surface area (Å²) in [6.45, 7) is 2.30. The minimum absolute atomic E-state index is 0.0103. The zero-order valence-corrected chi connectivity index (χ0v) is 12.9. The summed E-state index contributed by atoms with van der Waals surface area (Å²) >= 11 is 0. The van der Waals surface area contributed by atoms with Crippen molar-refractivity contribution in [2.24, 2.45) is 0 Å². The predicted molar refractivity (Wildman–Crippen MR) is 88.7 cm³/mol. The molecule has 0 radical (unpaired) electrons. The highest BCUT2D eigenvalue weighted by Gasteiger charge is 2.25. The molecule has 5 nitrogen and oxygen atoms in total. The molecule has 1 aliphatic heterocycles. The molecule has 0 fully saturated rings. The summed E-state index contributed by atoms with van der Waals surface area (Å²) in [4.78, 5) is 25.8. The molecule has 2 amide bonds. The number of hydrogen-bond donors (Lipinski definition) is 1. The smallest absolute Gasteiger partial charge is 0.265 e. The molecule has 1 aliphatic rings. The van der Waals surface area contributed by atoms with Crippen LogP contribution in [0.25, 0.3) is 0 Å². The molecule has 2 aromatic carbocycles. The lowest BCUT2D eigenvalue weighted by Crippen LogP contribution is -2.40. The van der Waals surface area contributed by atoms with E-state index in [1.54, 1.807) is 4.90 Å². The van der Waals surface area contributed by atoms with Crippen LogP contribution in [-0.4, -0.2) is 25.0 Å². The van der Waals surface area contributed by atoms with Gasteiger partial charge in [0, 0.05) is 18.7 Å². The number of para-hydroxylation sites is 1. The number of benzene rings is 2. The lowest BCUT2D eigenvalue weighted by molar-refractivity contribution is -0.121. The first kappa shape index (κ1) is 15.1. The number of amides is 2. The van der Waals surface area contributed by atoms with Crippen molar-refractivity contribution in [3.8, 4) is 5.75 Å². The van der Waals surface area contributed by atoms with Crippen LogP contribution in [0.2, 0.25) is 0 Å². The fourth-order valence-electron chi connectivity index (χ4n) is 2.52. The third-order valence-electron chi connectivity index (χ3n) is 3.68. The summed E-state index contributed by atoms with van der Waals surface area (Å²) in [5, 5.41) is 2.82. The Morgan fingerprint density at radius 1 is 1.22 bits per heavy atom. The number of ether oxygens (including phenoxy) is 1. The van der Waals surface area contributed by atoms with E-state index >= 15 is 0 Å². The molecule has 0 saturated carbocycles. The summed E-state index contributed by atoms with van der Waals surface area (Å²) in [6, 6.07) is 15.0. The van der Waals surface area contributed by atoms with Crippen LogP contribution >= 0.6 is 0 Å². The van der Waals surface area contributed by atoms with Crippen molar-refractivity contribution in [3.63, 3.8) is 0 Å². The summed E-state index contributed by atoms with van der Waals surface area (Å²) in [5.74, 6) is 0.430. The highest BCUT2D eigenvalue weighted by Crippen LogP contribution is 2.32. The number of carbonyl (C=O) groups excluding carboxylic acids is 2. The van der Waals surface area contributed by atoms with E-state index in [9.17, 15) is 9.59 Å². The third-order valence-corrected chi connectivity index (χ3v) is 3.68. The highest BCUT2D eigenvalue weighted by molar-refractivity contribution is 5.99. The lowest BCUT2D eigenvalue weighted by atomic mass is 10.1. The van der Waals surface area contributed by atoms with Crippen LogP contribution in [0.3, 0.4) is 0 Å². The van der Waals surface area contributed by atoms with Crippen LogP contribution < -0.4 is 15.0 Å². The fraction of sp³-hybridized carbons (Fsp3) is 0.222. The molecule has 0 aromatic heterocycles. The van der Waals surface area contributed by atoms with Gasteiger partial charge in [-0.2, -0.15) is 0 Å². The van der Waals surface area contributed by atoms with E-state index in [-0.39, 0.29) is 24.8 Å². The Balaban J connectivity index is 1.67. The van der Waals surface area contributed by atoms with Gasteiger partial charge in [0.2, 0.25) is 5.91 Å². The molecule has 0 spiro atoms. The van der Waals surface area contributed by atoms with E-state index in [4.69, 9.17) is 4.74 Å². The minimum atomic E-state index is -0.129. The molecule has 0 bridgehead atoms. The number of anilines is 2. The van der Waals surface area contributed by atoms with Gasteiger partial charge in [-0.05, 0) is 36.8 Å². The molecular formula is C18H18N2O3. The first-order valence-corrected chi connectivity index (χ1v) is 7.52. The van der Waals surface area contributed by atoms with Crippen LogP contribution in [0.4, 0.5) is 11.4 Å². The number of aryl methyl sites for hydroxylation is 1. The normalized spacial score (nSPS) is 13.3. The van der Waals surface area contributed by atoms with Gasteiger partial charge in [0.05, 0.1) is 5.69 Å². The van der Waals surface area contributed by atoms with Crippen molar-refractivity contribution in [2.45, 2.75) is 13.3 Å². The topological polar surface area (TPSA) is 58.6 Å². The van der Waals surface area contributed by atoms with Crippen molar-refractivity contribution in [1.29, 1.82) is 0 Å². The second-order valence-corrected chi connectivity index (χ2v) is 5.47. The first-order chi connectivity index (χ1) is 11.1. The summed E-state index contributed by atoms with van der Waals surface area (Å²) in [6.07, 6.45) is 0.230. The average molecular weight is 310 g/mol. The average Bonchev–Trinajstić information content (AvgIpc) is 2.55. The Bertz CT molecular complexity index is 728. The number of hydrogen-bond acceptors (Lipinski definition) is 3. The van der Waals surface area contributed by atoms with Crippen molar-refractivity contribution in [2.75, 3.05) is 23.4 Å². The van der Waals surface area contributed by atoms with E-state index in [1.165, 1.54) is 0 Å². The summed E-state index contributed by atoms with van der Waals surface area (Å²) in [5.41, 5.74) is 2.52. The number of carbonyl (C=O) groups is 2. The number of rotatable bonds is 4. The molecular weight excluding hydrogens is 292 g/mol. The Hall–Kier alpha value is -2.82. The number of fused-ring (bicyclic) bond motifs is 1. The van der Waals surface area contributed by atoms with E-state index in [0.29, 0.717) is 12.3 Å². The summed E-state index contributed by atoms with van der Waals surface area (Å²) in [7, 11) is 0. The van der Waals surface area contributed by atoms with Crippen LogP contribution in [0.1, 0.15) is 12.0 Å². The standard InChI is InChI=1S/C18H18N2O3/c1-13-7-8-16-15(11-13)20(18(22)12-23-16)10-9-17(21)19-14-5-3-2-4-6-14/h2-8,11H,9-10,12H2,1H3,(H,19,21). The van der Waals surface area contributed by atoms with Gasteiger partial charge in [-0.15, -0.1) is 0 Å². The quantitative estimate of drug-likeness (QED) is 0.944. The van der Waals surface area contributed by atoms with E-state index in [0.717, 1.165) is 16.9 Å². The second kappa shape index (κ2) is 6.52. The molecule has 118 valence electrons. The maximum absolute atomic E-state index is 12.1. The van der Waals surface area contributed by atoms with E-state index in [2.05, 4.69) is 5.32 Å². The van der Waals surface area contributed by atoms with E-state index in [1.807, 2.05) is 55.5 Å². The van der Waals surface area contributed by atoms with Gasteiger partial charge in [-0.1, -0.05) is 24.3 Å². The van der Waals surface area contributed by atoms with Crippen LogP contribution in [-0.2, 0) is 9.59 Å². The van der Waals surface area contributed by atoms with Crippen LogP contribution in [0.5, 0.6) is 5.75 Å². The van der Waals surface area contributed by atoms with Gasteiger partial charge in [0.1, 0.15) is 5.75 Å². The molecule has 2 aromatic rings. The largest absolute Gasteiger partial charge is 0.482 e. The highest BCUT2D eigenvalue weighted by atomic mass is 16.5. The molecule has 0 aliphatic carbocycles. The SMILES string of the molecule is Cc1ccc2c(c1)N(CCC(=O)Nc1ccccc1)C(=O)CO2. The van der Waals surface area contributed by atoms with Gasteiger partial charge in [0.25, 0.3) is 5.91 Å². The Labute approximate surface area is 134 Å². The molecule has 1 heterocycles. The molecule has 1 N–H and O–H groups in total. The maximum atomic E-state index is 12.1. The van der Waals surface area contributed by atoms with E-state index < -0.39 is 0 Å². The monoisotopic (exact) mass is 310 g/mol. The van der Waals surface area contributed by atoms with Crippen molar-refractivity contribution < 1.29 is 14.3 Å². The van der Waals surface area contributed by atoms with Crippen molar-refractivity contribution in [3.05, 3.63) is 54.1 Å². The fourth-order valence-corrected chi connectivity index (χ4v) is 2.52. The van der Waals surface area contributed by atoms with Gasteiger partial charge in [0.15, 0.2) is 6.61 Å². The molecule has 0 atom stereocenters. The predicted octanol–water partition coefficient (Wildman–Crippen LogP) is 2.75. The molecule has 0 saturated heterocycles. The van der Waals surface area contributed by atoms with Crippen molar-refractivity contribution >= 4 is 23.2 Å². The molecule has 0 unspecified atom stereocenters. The minimum Gasteiger partial charge on any atom is -0.482 e. The maximum Gasteiger partial charge on any atom is 0.265 e. The molecule has 5 heteroatoms.